The second-order valence-electron chi connectivity index (χ2n) is 7.48. The summed E-state index contributed by atoms with van der Waals surface area (Å²) in [6.07, 6.45) is 4.73. The van der Waals surface area contributed by atoms with E-state index in [2.05, 4.69) is 36.0 Å². The maximum Gasteiger partial charge on any atom is 0.270 e. The van der Waals surface area contributed by atoms with Gasteiger partial charge in [-0.15, -0.1) is 0 Å². The number of rotatable bonds is 5. The summed E-state index contributed by atoms with van der Waals surface area (Å²) in [5.41, 5.74) is 0.733. The van der Waals surface area contributed by atoms with Crippen LogP contribution in [0.3, 0.4) is 0 Å². The number of nitrogens with one attached hydrogen (secondary N) is 1. The molecule has 0 aliphatic heterocycles. The summed E-state index contributed by atoms with van der Waals surface area (Å²) in [7, 11) is 0. The first-order chi connectivity index (χ1) is 12.0. The predicted octanol–water partition coefficient (Wildman–Crippen LogP) is 4.63. The number of benzene rings is 1. The van der Waals surface area contributed by atoms with Crippen LogP contribution in [0.2, 0.25) is 0 Å². The van der Waals surface area contributed by atoms with Gasteiger partial charge in [0.25, 0.3) is 5.69 Å². The summed E-state index contributed by atoms with van der Waals surface area (Å²) in [5.74, 6) is 4.21. The molecule has 0 spiro atoms. The van der Waals surface area contributed by atoms with Crippen molar-refractivity contribution in [3.8, 4) is 11.4 Å². The van der Waals surface area contributed by atoms with E-state index in [1.807, 2.05) is 0 Å². The predicted molar refractivity (Wildman–Crippen MR) is 97.0 cm³/mol. The number of aromatic amines is 1. The fourth-order valence-electron chi connectivity index (χ4n) is 4.29. The minimum Gasteiger partial charge on any atom is -0.263 e. The van der Waals surface area contributed by atoms with Crippen molar-refractivity contribution in [3.05, 3.63) is 40.2 Å². The molecule has 1 fully saturated rings. The highest BCUT2D eigenvalue weighted by molar-refractivity contribution is 5.58. The van der Waals surface area contributed by atoms with E-state index in [1.54, 1.807) is 12.1 Å². The molecular weight excluding hydrogens is 316 g/mol. The molecule has 0 amide bonds. The Morgan fingerprint density at radius 2 is 2.00 bits per heavy atom. The van der Waals surface area contributed by atoms with Crippen LogP contribution in [0.15, 0.2) is 24.3 Å². The van der Waals surface area contributed by atoms with E-state index >= 15 is 0 Å². The van der Waals surface area contributed by atoms with E-state index in [1.165, 1.54) is 31.4 Å². The zero-order valence-corrected chi connectivity index (χ0v) is 15.1. The number of hydrogen-bond acceptors (Lipinski definition) is 4. The summed E-state index contributed by atoms with van der Waals surface area (Å²) in [4.78, 5) is 15.1. The average Bonchev–Trinajstić information content (AvgIpc) is 3.06. The maximum atomic E-state index is 10.9. The van der Waals surface area contributed by atoms with Gasteiger partial charge in [-0.2, -0.15) is 5.10 Å². The van der Waals surface area contributed by atoms with Crippen molar-refractivity contribution in [1.82, 2.24) is 15.2 Å². The minimum atomic E-state index is -0.396. The zero-order valence-electron chi connectivity index (χ0n) is 15.1. The summed E-state index contributed by atoms with van der Waals surface area (Å²) < 4.78 is 0. The third kappa shape index (κ3) is 3.89. The molecule has 1 aliphatic rings. The quantitative estimate of drug-likeness (QED) is 0.634. The van der Waals surface area contributed by atoms with Crippen LogP contribution in [0.5, 0.6) is 0 Å². The molecule has 2 unspecified atom stereocenters. The smallest absolute Gasteiger partial charge is 0.263 e. The lowest BCUT2D eigenvalue weighted by atomic mass is 9.67. The Morgan fingerprint density at radius 3 is 2.64 bits per heavy atom. The highest BCUT2D eigenvalue weighted by Crippen LogP contribution is 2.40. The molecule has 0 saturated heterocycles. The summed E-state index contributed by atoms with van der Waals surface area (Å²) in [6.45, 7) is 6.98. The SMILES string of the molecule is CCC1CC(C)C(Cc2nc(-c3cccc([N+](=O)[O-])c3)n[nH]2)C(C)C1. The Kier molecular flexibility index (Phi) is 5.16. The van der Waals surface area contributed by atoms with Crippen molar-refractivity contribution in [3.63, 3.8) is 0 Å². The van der Waals surface area contributed by atoms with Crippen molar-refractivity contribution in [2.24, 2.45) is 23.7 Å². The number of nitro benzene ring substituents is 1. The molecular formula is C19H26N4O2. The minimum absolute atomic E-state index is 0.0592. The van der Waals surface area contributed by atoms with Gasteiger partial charge < -0.3 is 0 Å². The van der Waals surface area contributed by atoms with Crippen LogP contribution < -0.4 is 0 Å². The average molecular weight is 342 g/mol. The van der Waals surface area contributed by atoms with Gasteiger partial charge in [-0.05, 0) is 36.5 Å². The lowest BCUT2D eigenvalue weighted by molar-refractivity contribution is -0.384. The van der Waals surface area contributed by atoms with Crippen LogP contribution in [-0.4, -0.2) is 20.1 Å². The standard InChI is InChI=1S/C19H26N4O2/c1-4-14-8-12(2)17(13(3)9-14)11-18-20-19(22-21-18)15-6-5-7-16(10-15)23(24)25/h5-7,10,12-14,17H,4,8-9,11H2,1-3H3,(H,20,21,22). The first-order valence-corrected chi connectivity index (χ1v) is 9.14. The van der Waals surface area contributed by atoms with Crippen molar-refractivity contribution in [2.75, 3.05) is 0 Å². The van der Waals surface area contributed by atoms with Gasteiger partial charge in [-0.1, -0.05) is 39.3 Å². The lowest BCUT2D eigenvalue weighted by Crippen LogP contribution is -2.31. The summed E-state index contributed by atoms with van der Waals surface area (Å²) >= 11 is 0. The van der Waals surface area contributed by atoms with Crippen molar-refractivity contribution >= 4 is 5.69 Å². The molecule has 3 rings (SSSR count). The van der Waals surface area contributed by atoms with Crippen molar-refractivity contribution in [2.45, 2.75) is 46.5 Å². The van der Waals surface area contributed by atoms with Crippen LogP contribution in [0.1, 0.15) is 45.9 Å². The van der Waals surface area contributed by atoms with Gasteiger partial charge in [0, 0.05) is 24.1 Å². The molecule has 1 aliphatic carbocycles. The highest BCUT2D eigenvalue weighted by Gasteiger charge is 2.33. The second-order valence-corrected chi connectivity index (χ2v) is 7.48. The largest absolute Gasteiger partial charge is 0.270 e. The molecule has 1 aromatic carbocycles. The first kappa shape index (κ1) is 17.6. The van der Waals surface area contributed by atoms with Gasteiger partial charge in [-0.25, -0.2) is 4.98 Å². The number of H-pyrrole nitrogens is 1. The Bertz CT molecular complexity index is 731. The molecule has 1 N–H and O–H groups in total. The van der Waals surface area contributed by atoms with E-state index in [0.717, 1.165) is 18.2 Å². The molecule has 134 valence electrons. The van der Waals surface area contributed by atoms with Gasteiger partial charge in [0.2, 0.25) is 0 Å². The fourth-order valence-corrected chi connectivity index (χ4v) is 4.29. The number of nitro groups is 1. The van der Waals surface area contributed by atoms with Gasteiger partial charge in [-0.3, -0.25) is 15.2 Å². The number of nitrogens with zero attached hydrogens (tertiary/aromatic N) is 3. The fraction of sp³-hybridized carbons (Fsp3) is 0.579. The Labute approximate surface area is 148 Å². The first-order valence-electron chi connectivity index (χ1n) is 9.14. The molecule has 25 heavy (non-hydrogen) atoms. The Hall–Kier alpha value is -2.24. The van der Waals surface area contributed by atoms with E-state index in [-0.39, 0.29) is 5.69 Å². The molecule has 6 heteroatoms. The van der Waals surface area contributed by atoms with Crippen LogP contribution >= 0.6 is 0 Å². The third-order valence-corrected chi connectivity index (χ3v) is 5.73. The molecule has 1 heterocycles. The molecule has 1 aromatic heterocycles. The molecule has 0 bridgehead atoms. The highest BCUT2D eigenvalue weighted by atomic mass is 16.6. The van der Waals surface area contributed by atoms with Crippen molar-refractivity contribution < 1.29 is 4.92 Å². The second kappa shape index (κ2) is 7.33. The van der Waals surface area contributed by atoms with E-state index in [0.29, 0.717) is 29.1 Å². The van der Waals surface area contributed by atoms with Crippen LogP contribution in [0, 0.1) is 33.8 Å². The van der Waals surface area contributed by atoms with E-state index < -0.39 is 4.92 Å². The Morgan fingerprint density at radius 1 is 1.28 bits per heavy atom. The van der Waals surface area contributed by atoms with E-state index in [9.17, 15) is 10.1 Å². The molecule has 1 saturated carbocycles. The monoisotopic (exact) mass is 342 g/mol. The van der Waals surface area contributed by atoms with Gasteiger partial charge in [0.05, 0.1) is 4.92 Å². The molecule has 6 nitrogen and oxygen atoms in total. The normalized spacial score (nSPS) is 26.5. The topological polar surface area (TPSA) is 84.7 Å². The van der Waals surface area contributed by atoms with Gasteiger partial charge >= 0.3 is 0 Å². The van der Waals surface area contributed by atoms with Crippen LogP contribution in [0.25, 0.3) is 11.4 Å². The Balaban J connectivity index is 1.74. The zero-order chi connectivity index (χ0) is 18.0. The van der Waals surface area contributed by atoms with Gasteiger partial charge in [0.15, 0.2) is 5.82 Å². The number of aromatic nitrogens is 3. The third-order valence-electron chi connectivity index (χ3n) is 5.73. The summed E-state index contributed by atoms with van der Waals surface area (Å²) in [5, 5.41) is 18.2. The van der Waals surface area contributed by atoms with Crippen molar-refractivity contribution in [1.29, 1.82) is 0 Å². The van der Waals surface area contributed by atoms with Crippen LogP contribution in [0.4, 0.5) is 5.69 Å². The maximum absolute atomic E-state index is 10.9. The van der Waals surface area contributed by atoms with E-state index in [4.69, 9.17) is 0 Å². The summed E-state index contributed by atoms with van der Waals surface area (Å²) in [6, 6.07) is 6.47. The number of non-ortho nitro benzene ring substituents is 1. The van der Waals surface area contributed by atoms with Crippen LogP contribution in [-0.2, 0) is 6.42 Å². The lowest BCUT2D eigenvalue weighted by Gasteiger charge is -2.38. The molecule has 2 atom stereocenters. The molecule has 2 aromatic rings. The molecule has 0 radical (unpaired) electrons. The van der Waals surface area contributed by atoms with Gasteiger partial charge in [0.1, 0.15) is 5.82 Å². The number of hydrogen-bond donors (Lipinski definition) is 1.